The first-order valence-corrected chi connectivity index (χ1v) is 19.4. The smallest absolute Gasteiger partial charge is 0.410 e. The highest BCUT2D eigenvalue weighted by Gasteiger charge is 2.62. The van der Waals surface area contributed by atoms with Gasteiger partial charge in [-0.1, -0.05) is 38.1 Å². The Morgan fingerprint density at radius 2 is 1.82 bits per heavy atom. The molecule has 0 spiro atoms. The van der Waals surface area contributed by atoms with Crippen molar-refractivity contribution in [2.24, 2.45) is 11.8 Å². The van der Waals surface area contributed by atoms with Gasteiger partial charge >= 0.3 is 12.2 Å². The molecule has 51 heavy (non-hydrogen) atoms. The second-order valence-electron chi connectivity index (χ2n) is 15.6. The quantitative estimate of drug-likeness (QED) is 0.356. The van der Waals surface area contributed by atoms with E-state index in [4.69, 9.17) is 9.47 Å². The van der Waals surface area contributed by atoms with Crippen LogP contribution in [-0.4, -0.2) is 89.2 Å². The molecule has 1 aromatic rings. The van der Waals surface area contributed by atoms with Gasteiger partial charge in [-0.3, -0.25) is 24.0 Å². The zero-order valence-corrected chi connectivity index (χ0v) is 30.6. The van der Waals surface area contributed by atoms with E-state index in [2.05, 4.69) is 28.0 Å². The Morgan fingerprint density at radius 3 is 2.49 bits per heavy atom. The minimum absolute atomic E-state index is 0.0749. The molecule has 15 heteroatoms. The molecule has 5 aliphatic rings. The number of hydrogen-bond donors (Lipinski definition) is 3. The van der Waals surface area contributed by atoms with Gasteiger partial charge in [0.2, 0.25) is 21.8 Å². The van der Waals surface area contributed by atoms with Crippen molar-refractivity contribution in [3.8, 4) is 0 Å². The number of ether oxygens (including phenoxy) is 2. The largest absolute Gasteiger partial charge is 0.444 e. The number of carbonyl (C=O) groups excluding carboxylic acids is 5. The van der Waals surface area contributed by atoms with Gasteiger partial charge in [0.1, 0.15) is 29.3 Å². The predicted octanol–water partition coefficient (Wildman–Crippen LogP) is 3.03. The molecule has 0 unspecified atom stereocenters. The first kappa shape index (κ1) is 36.6. The van der Waals surface area contributed by atoms with Crippen molar-refractivity contribution in [1.29, 1.82) is 0 Å². The highest BCUT2D eigenvalue weighted by Crippen LogP contribution is 2.45. The molecule has 3 fully saturated rings. The van der Waals surface area contributed by atoms with Gasteiger partial charge in [-0.15, -0.1) is 6.58 Å². The third kappa shape index (κ3) is 7.73. The number of rotatable bonds is 7. The summed E-state index contributed by atoms with van der Waals surface area (Å²) in [5.41, 5.74) is 0.873. The van der Waals surface area contributed by atoms with Gasteiger partial charge in [0.05, 0.1) is 11.8 Å². The average molecular weight is 728 g/mol. The molecule has 3 N–H and O–H groups in total. The van der Waals surface area contributed by atoms with Crippen LogP contribution < -0.4 is 15.4 Å². The molecule has 5 atom stereocenters. The van der Waals surface area contributed by atoms with Crippen LogP contribution in [0.3, 0.4) is 0 Å². The SMILES string of the molecule is C=C[C@H]1C[C@]1(NC(=O)[C@@H]1C[C@@H]2CN1C(=O)[C@H](C(C)C)NC(=O)OC(C)(C)CCCCc1cccc3c1CN(C3)C(=O)O2)C(=O)NS(=O)(=O)C1CC1. The van der Waals surface area contributed by atoms with Crippen LogP contribution in [0.5, 0.6) is 0 Å². The van der Waals surface area contributed by atoms with E-state index < -0.39 is 86.3 Å². The maximum absolute atomic E-state index is 14.3. The van der Waals surface area contributed by atoms with E-state index in [-0.39, 0.29) is 19.4 Å². The minimum Gasteiger partial charge on any atom is -0.444 e. The number of carbonyl (C=O) groups is 5. The van der Waals surface area contributed by atoms with Crippen LogP contribution in [0.25, 0.3) is 0 Å². The van der Waals surface area contributed by atoms with Crippen molar-refractivity contribution < 1.29 is 41.9 Å². The summed E-state index contributed by atoms with van der Waals surface area (Å²) in [7, 11) is -3.90. The summed E-state index contributed by atoms with van der Waals surface area (Å²) in [4.78, 5) is 71.4. The topological polar surface area (TPSA) is 181 Å². The van der Waals surface area contributed by atoms with Crippen molar-refractivity contribution in [2.75, 3.05) is 6.54 Å². The second kappa shape index (κ2) is 13.8. The number of cyclic esters (lactones) is 1. The maximum Gasteiger partial charge on any atom is 0.410 e. The molecule has 0 aromatic heterocycles. The first-order valence-electron chi connectivity index (χ1n) is 17.9. The molecule has 2 aliphatic carbocycles. The molecule has 3 heterocycles. The van der Waals surface area contributed by atoms with Crippen LogP contribution in [0.1, 0.15) is 89.3 Å². The summed E-state index contributed by atoms with van der Waals surface area (Å²) in [6.07, 6.45) is 3.24. The van der Waals surface area contributed by atoms with Gasteiger partial charge in [-0.05, 0) is 81.4 Å². The molecule has 278 valence electrons. The van der Waals surface area contributed by atoms with E-state index in [0.29, 0.717) is 32.4 Å². The maximum atomic E-state index is 14.3. The number of nitrogens with zero attached hydrogens (tertiary/aromatic N) is 2. The Kier molecular flexibility index (Phi) is 9.90. The number of nitrogens with one attached hydrogen (secondary N) is 3. The fourth-order valence-electron chi connectivity index (χ4n) is 7.48. The van der Waals surface area contributed by atoms with Crippen LogP contribution in [0.2, 0.25) is 0 Å². The standard InChI is InChI=1S/C36H49N5O9S/c1-6-24-17-36(24,32(44)39-51(47,48)26-13-14-26)38-30(42)28-16-25-19-41(28)31(43)29(21(2)3)37-33(45)50-35(4,5)15-8-7-10-22-11-9-12-23-18-40(20-27(22)23)34(46)49-25/h6,9,11-12,21,24-26,28-29H,1,7-8,10,13-20H2,2-5H3,(H,37,45)(H,38,42)(H,39,44)/t24-,25+,28-,29-,36+/m0/s1. The van der Waals surface area contributed by atoms with Gasteiger partial charge in [-0.25, -0.2) is 18.0 Å². The zero-order valence-electron chi connectivity index (χ0n) is 29.7. The summed E-state index contributed by atoms with van der Waals surface area (Å²) in [5, 5.41) is 4.80. The van der Waals surface area contributed by atoms with Crippen LogP contribution in [-0.2, 0) is 53.4 Å². The lowest BCUT2D eigenvalue weighted by atomic mass is 9.95. The monoisotopic (exact) mass is 727 g/mol. The molecule has 0 radical (unpaired) electrons. The van der Waals surface area contributed by atoms with Crippen molar-refractivity contribution >= 4 is 39.9 Å². The van der Waals surface area contributed by atoms with Crippen LogP contribution in [0, 0.1) is 11.8 Å². The summed E-state index contributed by atoms with van der Waals surface area (Å²) in [6, 6.07) is 3.74. The lowest BCUT2D eigenvalue weighted by molar-refractivity contribution is -0.142. The fraction of sp³-hybridized carbons (Fsp3) is 0.639. The number of hydrogen-bond acceptors (Lipinski definition) is 9. The number of amides is 5. The molecule has 6 rings (SSSR count). The van der Waals surface area contributed by atoms with Crippen molar-refractivity contribution in [3.05, 3.63) is 47.5 Å². The molecule has 1 saturated heterocycles. The number of aryl methyl sites for hydroxylation is 1. The molecule has 3 aliphatic heterocycles. The van der Waals surface area contributed by atoms with E-state index in [1.165, 1.54) is 11.0 Å². The van der Waals surface area contributed by atoms with Crippen LogP contribution >= 0.6 is 0 Å². The van der Waals surface area contributed by atoms with Gasteiger partial charge in [0.25, 0.3) is 5.91 Å². The van der Waals surface area contributed by atoms with E-state index in [0.717, 1.165) is 36.0 Å². The zero-order chi connectivity index (χ0) is 36.9. The highest BCUT2D eigenvalue weighted by molar-refractivity contribution is 7.91. The van der Waals surface area contributed by atoms with E-state index in [9.17, 15) is 32.4 Å². The molecule has 4 bridgehead atoms. The molecule has 14 nitrogen and oxygen atoms in total. The predicted molar refractivity (Wildman–Crippen MR) is 185 cm³/mol. The lowest BCUT2D eigenvalue weighted by Crippen LogP contribution is -2.59. The van der Waals surface area contributed by atoms with Crippen LogP contribution in [0.15, 0.2) is 30.9 Å². The number of alkyl carbamates (subject to hydrolysis) is 1. The summed E-state index contributed by atoms with van der Waals surface area (Å²) in [5.74, 6) is -3.11. The number of benzene rings is 1. The molecule has 2 saturated carbocycles. The van der Waals surface area contributed by atoms with Gasteiger partial charge in [0, 0.05) is 25.4 Å². The molecule has 5 amide bonds. The van der Waals surface area contributed by atoms with Crippen molar-refractivity contribution in [2.45, 2.75) is 127 Å². The van der Waals surface area contributed by atoms with Crippen molar-refractivity contribution in [3.63, 3.8) is 0 Å². The minimum atomic E-state index is -3.90. The summed E-state index contributed by atoms with van der Waals surface area (Å²) < 4.78 is 39.2. The van der Waals surface area contributed by atoms with Crippen molar-refractivity contribution in [1.82, 2.24) is 25.2 Å². The molecular weight excluding hydrogens is 678 g/mol. The average Bonchev–Trinajstić information content (AvgIpc) is 3.95. The second-order valence-corrected chi connectivity index (χ2v) is 17.5. The third-order valence-electron chi connectivity index (χ3n) is 10.8. The summed E-state index contributed by atoms with van der Waals surface area (Å²) >= 11 is 0. The van der Waals surface area contributed by atoms with E-state index >= 15 is 0 Å². The summed E-state index contributed by atoms with van der Waals surface area (Å²) in [6.45, 7) is 11.5. The van der Waals surface area contributed by atoms with Gasteiger partial charge < -0.3 is 25.0 Å². The first-order chi connectivity index (χ1) is 24.0. The van der Waals surface area contributed by atoms with Gasteiger partial charge in [0.15, 0.2) is 0 Å². The van der Waals surface area contributed by atoms with E-state index in [1.807, 2.05) is 26.0 Å². The third-order valence-corrected chi connectivity index (χ3v) is 12.6. The number of fused-ring (bicyclic) bond motifs is 3. The Morgan fingerprint density at radius 1 is 1.10 bits per heavy atom. The number of sulfonamides is 1. The Bertz CT molecular complexity index is 1720. The fourth-order valence-corrected chi connectivity index (χ4v) is 8.85. The highest BCUT2D eigenvalue weighted by atomic mass is 32.2. The molecule has 1 aromatic carbocycles. The lowest BCUT2D eigenvalue weighted by Gasteiger charge is -2.32. The van der Waals surface area contributed by atoms with E-state index in [1.54, 1.807) is 18.7 Å². The molecular formula is C36H49N5O9S. The van der Waals surface area contributed by atoms with Gasteiger partial charge in [-0.2, -0.15) is 0 Å². The Labute approximate surface area is 299 Å². The Balaban J connectivity index is 1.27. The normalized spacial score (nSPS) is 29.5. The Hall–Kier alpha value is -4.14. The van der Waals surface area contributed by atoms with Crippen LogP contribution in [0.4, 0.5) is 9.59 Å².